The molecule has 5 heterocycles. The molecule has 4 aromatic heterocycles. The number of carboxylic acid groups (broad SMARTS) is 2. The van der Waals surface area contributed by atoms with Crippen molar-refractivity contribution in [1.82, 2.24) is 19.9 Å². The molecule has 0 fully saturated rings. The molecule has 1 aliphatic heterocycles. The molecular weight excluding hydrogens is 576 g/mol. The van der Waals surface area contributed by atoms with E-state index < -0.39 is 24.1 Å². The van der Waals surface area contributed by atoms with E-state index >= 15 is 0 Å². The highest BCUT2D eigenvalue weighted by Gasteiger charge is 2.23. The van der Waals surface area contributed by atoms with Crippen LogP contribution in [0.25, 0.3) is 24.0 Å². The van der Waals surface area contributed by atoms with Crippen molar-refractivity contribution in [1.29, 1.82) is 0 Å². The number of aliphatic hydroxyl groups excluding tert-OH is 3. The Balaban J connectivity index is 1.97. The SMILES string of the molecule is Cc1c2[nH]c(c1CCC(=O)O)C=c1[nH]c(c(C)c1CCC(=O)O)=Cc1[nH]c(c(C)c1C(C)O)C(O)=c1[nH]c(c(C)c1C(C)O)=C2. The van der Waals surface area contributed by atoms with Gasteiger partial charge in [-0.2, -0.15) is 0 Å². The van der Waals surface area contributed by atoms with Crippen LogP contribution in [0.1, 0.15) is 106 Å². The van der Waals surface area contributed by atoms with Gasteiger partial charge in [0, 0.05) is 57.1 Å². The predicted molar refractivity (Wildman–Crippen MR) is 170 cm³/mol. The summed E-state index contributed by atoms with van der Waals surface area (Å²) in [6.45, 7) is 10.7. The molecule has 0 saturated carbocycles. The maximum Gasteiger partial charge on any atom is 0.303 e. The molecule has 4 aromatic rings. The smallest absolute Gasteiger partial charge is 0.303 e. The van der Waals surface area contributed by atoms with Gasteiger partial charge < -0.3 is 45.5 Å². The van der Waals surface area contributed by atoms with E-state index in [0.29, 0.717) is 55.2 Å². The van der Waals surface area contributed by atoms with E-state index in [1.165, 1.54) is 0 Å². The fourth-order valence-corrected chi connectivity index (χ4v) is 6.56. The van der Waals surface area contributed by atoms with Gasteiger partial charge in [-0.05, 0) is 106 Å². The van der Waals surface area contributed by atoms with Crippen molar-refractivity contribution in [2.24, 2.45) is 0 Å². The van der Waals surface area contributed by atoms with Crippen molar-refractivity contribution in [3.05, 3.63) is 88.7 Å². The number of H-pyrrole nitrogens is 4. The lowest BCUT2D eigenvalue weighted by Crippen LogP contribution is -2.18. The van der Waals surface area contributed by atoms with Crippen molar-refractivity contribution >= 4 is 35.9 Å². The summed E-state index contributed by atoms with van der Waals surface area (Å²) in [6, 6.07) is 0. The minimum Gasteiger partial charge on any atom is -0.504 e. The average molecular weight is 617 g/mol. The van der Waals surface area contributed by atoms with Crippen molar-refractivity contribution in [3.8, 4) is 0 Å². The first-order valence-electron chi connectivity index (χ1n) is 15.0. The van der Waals surface area contributed by atoms with Crippen LogP contribution in [0.5, 0.6) is 0 Å². The summed E-state index contributed by atoms with van der Waals surface area (Å²) in [5.41, 5.74) is 8.12. The highest BCUT2D eigenvalue weighted by atomic mass is 16.4. The fourth-order valence-electron chi connectivity index (χ4n) is 6.56. The first kappa shape index (κ1) is 31.7. The molecule has 11 heteroatoms. The van der Waals surface area contributed by atoms with Crippen molar-refractivity contribution in [3.63, 3.8) is 0 Å². The number of carboxylic acids is 2. The van der Waals surface area contributed by atoms with Gasteiger partial charge in [-0.15, -0.1) is 0 Å². The third-order valence-electron chi connectivity index (χ3n) is 8.92. The number of aromatic nitrogens is 4. The largest absolute Gasteiger partial charge is 0.504 e. The Morgan fingerprint density at radius 2 is 1.20 bits per heavy atom. The zero-order chi connectivity index (χ0) is 32.9. The van der Waals surface area contributed by atoms with E-state index in [1.807, 2.05) is 45.9 Å². The molecule has 0 amide bonds. The lowest BCUT2D eigenvalue weighted by molar-refractivity contribution is -0.138. The van der Waals surface area contributed by atoms with Gasteiger partial charge in [0.05, 0.1) is 23.3 Å². The van der Waals surface area contributed by atoms with Crippen LogP contribution in [0.2, 0.25) is 0 Å². The molecule has 8 bridgehead atoms. The molecule has 238 valence electrons. The summed E-state index contributed by atoms with van der Waals surface area (Å²) in [6.07, 6.45) is 4.18. The van der Waals surface area contributed by atoms with E-state index in [0.717, 1.165) is 33.5 Å². The van der Waals surface area contributed by atoms with Crippen LogP contribution in [0.4, 0.5) is 0 Å². The van der Waals surface area contributed by atoms with E-state index in [4.69, 9.17) is 0 Å². The first-order valence-corrected chi connectivity index (χ1v) is 15.0. The molecule has 0 saturated heterocycles. The summed E-state index contributed by atoms with van der Waals surface area (Å²) in [5.74, 6) is -1.97. The fraction of sp³-hybridized carbons (Fsp3) is 0.353. The third kappa shape index (κ3) is 5.76. The van der Waals surface area contributed by atoms with Crippen LogP contribution in [-0.4, -0.2) is 57.4 Å². The highest BCUT2D eigenvalue weighted by molar-refractivity contribution is 5.70. The van der Waals surface area contributed by atoms with Gasteiger partial charge in [0.2, 0.25) is 0 Å². The number of fused-ring (bicyclic) bond motifs is 8. The van der Waals surface area contributed by atoms with Crippen LogP contribution in [-0.2, 0) is 22.4 Å². The number of nitrogens with one attached hydrogen (secondary N) is 4. The number of aromatic amines is 4. The Hall–Kier alpha value is -4.74. The molecular formula is C34H40N4O7. The normalized spacial score (nSPS) is 14.0. The first-order chi connectivity index (χ1) is 21.2. The average Bonchev–Trinajstić information content (AvgIpc) is 3.63. The Morgan fingerprint density at radius 1 is 0.644 bits per heavy atom. The number of hydrogen-bond acceptors (Lipinski definition) is 5. The van der Waals surface area contributed by atoms with E-state index in [-0.39, 0.29) is 31.4 Å². The lowest BCUT2D eigenvalue weighted by Gasteiger charge is -2.07. The lowest BCUT2D eigenvalue weighted by atomic mass is 10.0. The summed E-state index contributed by atoms with van der Waals surface area (Å²) in [4.78, 5) is 36.6. The van der Waals surface area contributed by atoms with Crippen LogP contribution < -0.4 is 21.4 Å². The van der Waals surface area contributed by atoms with Crippen molar-refractivity contribution < 1.29 is 35.1 Å². The predicted octanol–water partition coefficient (Wildman–Crippen LogP) is 1.89. The summed E-state index contributed by atoms with van der Waals surface area (Å²) >= 11 is 0. The van der Waals surface area contributed by atoms with Gasteiger partial charge >= 0.3 is 11.9 Å². The molecule has 1 aliphatic rings. The van der Waals surface area contributed by atoms with Gasteiger partial charge in [0.1, 0.15) is 0 Å². The van der Waals surface area contributed by atoms with Crippen molar-refractivity contribution in [2.75, 3.05) is 0 Å². The second kappa shape index (κ2) is 12.0. The van der Waals surface area contributed by atoms with Gasteiger partial charge in [-0.3, -0.25) is 9.59 Å². The molecule has 11 nitrogen and oxygen atoms in total. The molecule has 2 atom stereocenters. The molecule has 9 N–H and O–H groups in total. The Bertz CT molecular complexity index is 2080. The molecule has 45 heavy (non-hydrogen) atoms. The van der Waals surface area contributed by atoms with E-state index in [2.05, 4.69) is 19.9 Å². The Morgan fingerprint density at radius 3 is 1.80 bits per heavy atom. The standard InChI is InChI=1S/C34H40N4O7/c1-14-20(7-9-28(41)42)25-13-26-21(8-10-29(43)44)15(2)23(36-26)12-27-30(18(5)39)17(4)32(38-27)34(45)33-31(19(6)40)16(3)24(37-33)11-22(14)35-25/h11-13,18-19,35-40,45H,7-10H2,1-6H3,(H,41,42)(H,43,44). The highest BCUT2D eigenvalue weighted by Crippen LogP contribution is 2.29. The van der Waals surface area contributed by atoms with Crippen molar-refractivity contribution in [2.45, 2.75) is 79.4 Å². The van der Waals surface area contributed by atoms with Gasteiger partial charge in [0.15, 0.2) is 5.76 Å². The number of aliphatic hydroxyl groups is 3. The molecule has 2 unspecified atom stereocenters. The second-order valence-corrected chi connectivity index (χ2v) is 11.9. The number of hydrogen-bond donors (Lipinski definition) is 9. The number of carbonyl (C=O) groups is 2. The van der Waals surface area contributed by atoms with Gasteiger partial charge in [-0.1, -0.05) is 0 Å². The maximum atomic E-state index is 11.7. The third-order valence-corrected chi connectivity index (χ3v) is 8.92. The summed E-state index contributed by atoms with van der Waals surface area (Å²) in [7, 11) is 0. The second-order valence-electron chi connectivity index (χ2n) is 11.9. The molecule has 0 radical (unpaired) electrons. The molecule has 0 aliphatic carbocycles. The Labute approximate surface area is 259 Å². The quantitative estimate of drug-likeness (QED) is 0.144. The van der Waals surface area contributed by atoms with Gasteiger partial charge in [0.25, 0.3) is 0 Å². The van der Waals surface area contributed by atoms with Crippen LogP contribution in [0, 0.1) is 27.7 Å². The molecule has 0 spiro atoms. The Kier molecular flexibility index (Phi) is 8.43. The number of rotatable bonds is 8. The van der Waals surface area contributed by atoms with Crippen LogP contribution >= 0.6 is 0 Å². The van der Waals surface area contributed by atoms with E-state index in [1.54, 1.807) is 13.8 Å². The monoisotopic (exact) mass is 616 g/mol. The van der Waals surface area contributed by atoms with Gasteiger partial charge in [-0.25, -0.2) is 0 Å². The summed E-state index contributed by atoms with van der Waals surface area (Å²) < 4.78 is 0. The van der Waals surface area contributed by atoms with Crippen LogP contribution in [0.3, 0.4) is 0 Å². The number of aliphatic carboxylic acids is 2. The minimum atomic E-state index is -0.927. The zero-order valence-electron chi connectivity index (χ0n) is 26.3. The maximum absolute atomic E-state index is 11.7. The minimum absolute atomic E-state index is 0.0787. The molecule has 5 rings (SSSR count). The zero-order valence-corrected chi connectivity index (χ0v) is 26.3. The van der Waals surface area contributed by atoms with E-state index in [9.17, 15) is 35.1 Å². The topological polar surface area (TPSA) is 198 Å². The summed E-state index contributed by atoms with van der Waals surface area (Å²) in [5, 5.41) is 54.6. The molecule has 0 aromatic carbocycles. The van der Waals surface area contributed by atoms with Crippen LogP contribution in [0.15, 0.2) is 0 Å².